The topological polar surface area (TPSA) is 56.8 Å². The number of hydrogen-bond donors (Lipinski definition) is 1. The molecule has 5 nitrogen and oxygen atoms in total. The van der Waals surface area contributed by atoms with Gasteiger partial charge in [0.1, 0.15) is 23.9 Å². The Morgan fingerprint density at radius 1 is 0.958 bits per heavy atom. The molecule has 0 saturated carbocycles. The summed E-state index contributed by atoms with van der Waals surface area (Å²) in [5, 5.41) is 2.84. The first kappa shape index (κ1) is 17.7. The highest BCUT2D eigenvalue weighted by Gasteiger charge is 2.09. The van der Waals surface area contributed by atoms with Gasteiger partial charge in [-0.2, -0.15) is 0 Å². The third kappa shape index (κ3) is 5.83. The van der Waals surface area contributed by atoms with Crippen molar-refractivity contribution >= 4 is 5.91 Å². The molecule has 0 saturated heterocycles. The van der Waals surface area contributed by atoms with Crippen LogP contribution in [0.1, 0.15) is 12.5 Å². The van der Waals surface area contributed by atoms with Crippen LogP contribution in [0, 0.1) is 6.92 Å². The van der Waals surface area contributed by atoms with Crippen molar-refractivity contribution in [3.8, 4) is 17.2 Å². The van der Waals surface area contributed by atoms with Crippen molar-refractivity contribution in [1.29, 1.82) is 0 Å². The Morgan fingerprint density at radius 2 is 1.50 bits per heavy atom. The number of ether oxygens (including phenoxy) is 3. The largest absolute Gasteiger partial charge is 0.497 e. The van der Waals surface area contributed by atoms with Gasteiger partial charge in [0.15, 0.2) is 6.61 Å². The monoisotopic (exact) mass is 329 g/mol. The Morgan fingerprint density at radius 3 is 2.12 bits per heavy atom. The molecule has 0 aromatic heterocycles. The van der Waals surface area contributed by atoms with Gasteiger partial charge in [0.2, 0.25) is 0 Å². The van der Waals surface area contributed by atoms with Crippen LogP contribution in [-0.2, 0) is 4.79 Å². The van der Waals surface area contributed by atoms with Gasteiger partial charge in [-0.25, -0.2) is 0 Å². The van der Waals surface area contributed by atoms with Crippen molar-refractivity contribution in [2.45, 2.75) is 19.9 Å². The lowest BCUT2D eigenvalue weighted by molar-refractivity contribution is -0.123. The van der Waals surface area contributed by atoms with Gasteiger partial charge < -0.3 is 19.5 Å². The molecule has 128 valence electrons. The van der Waals surface area contributed by atoms with Crippen LogP contribution in [0.3, 0.4) is 0 Å². The van der Waals surface area contributed by atoms with Crippen LogP contribution in [0.25, 0.3) is 0 Å². The molecule has 0 aliphatic rings. The summed E-state index contributed by atoms with van der Waals surface area (Å²) in [5.74, 6) is 1.96. The molecule has 0 spiro atoms. The lowest BCUT2D eigenvalue weighted by atomic mass is 10.2. The van der Waals surface area contributed by atoms with Crippen LogP contribution < -0.4 is 19.5 Å². The predicted octanol–water partition coefficient (Wildman–Crippen LogP) is 2.97. The van der Waals surface area contributed by atoms with E-state index in [1.165, 1.54) is 5.56 Å². The molecule has 1 N–H and O–H groups in total. The fourth-order valence-corrected chi connectivity index (χ4v) is 2.03. The number of hydrogen-bond acceptors (Lipinski definition) is 4. The highest BCUT2D eigenvalue weighted by molar-refractivity contribution is 5.77. The second-order valence-electron chi connectivity index (χ2n) is 5.56. The van der Waals surface area contributed by atoms with Gasteiger partial charge in [-0.15, -0.1) is 0 Å². The number of carbonyl (C=O) groups excluding carboxylic acids is 1. The van der Waals surface area contributed by atoms with Crippen LogP contribution in [0.4, 0.5) is 0 Å². The van der Waals surface area contributed by atoms with Crippen LogP contribution in [0.15, 0.2) is 48.5 Å². The molecule has 2 aromatic rings. The Bertz CT molecular complexity index is 637. The van der Waals surface area contributed by atoms with E-state index in [-0.39, 0.29) is 18.6 Å². The predicted molar refractivity (Wildman–Crippen MR) is 92.8 cm³/mol. The van der Waals surface area contributed by atoms with Gasteiger partial charge in [-0.05, 0) is 50.2 Å². The smallest absolute Gasteiger partial charge is 0.258 e. The molecule has 2 aromatic carbocycles. The van der Waals surface area contributed by atoms with E-state index < -0.39 is 0 Å². The number of methoxy groups -OCH3 is 1. The van der Waals surface area contributed by atoms with Gasteiger partial charge in [-0.1, -0.05) is 17.7 Å². The number of amides is 1. The minimum atomic E-state index is -0.189. The van der Waals surface area contributed by atoms with Gasteiger partial charge in [-0.3, -0.25) is 4.79 Å². The summed E-state index contributed by atoms with van der Waals surface area (Å²) in [6, 6.07) is 14.8. The summed E-state index contributed by atoms with van der Waals surface area (Å²) < 4.78 is 16.1. The molecule has 24 heavy (non-hydrogen) atoms. The summed E-state index contributed by atoms with van der Waals surface area (Å²) in [7, 11) is 1.60. The number of rotatable bonds is 8. The lowest BCUT2D eigenvalue weighted by Gasteiger charge is -2.15. The first-order valence-electron chi connectivity index (χ1n) is 7.82. The second kappa shape index (κ2) is 8.82. The van der Waals surface area contributed by atoms with Crippen LogP contribution in [-0.4, -0.2) is 32.3 Å². The molecule has 0 bridgehead atoms. The van der Waals surface area contributed by atoms with Crippen LogP contribution >= 0.6 is 0 Å². The SMILES string of the molecule is COc1ccc(OCC(=O)N[C@@H](C)COc2ccc(C)cc2)cc1. The average molecular weight is 329 g/mol. The van der Waals surface area contributed by atoms with Crippen LogP contribution in [0.5, 0.6) is 17.2 Å². The Labute approximate surface area is 142 Å². The zero-order valence-corrected chi connectivity index (χ0v) is 14.2. The molecule has 5 heteroatoms. The minimum Gasteiger partial charge on any atom is -0.497 e. The Balaban J connectivity index is 1.69. The normalized spacial score (nSPS) is 11.5. The third-order valence-electron chi connectivity index (χ3n) is 3.36. The van der Waals surface area contributed by atoms with E-state index in [4.69, 9.17) is 14.2 Å². The van der Waals surface area contributed by atoms with E-state index >= 15 is 0 Å². The highest BCUT2D eigenvalue weighted by atomic mass is 16.5. The van der Waals surface area contributed by atoms with Gasteiger partial charge >= 0.3 is 0 Å². The van der Waals surface area contributed by atoms with E-state index in [1.54, 1.807) is 31.4 Å². The Hall–Kier alpha value is -2.69. The number of aryl methyl sites for hydroxylation is 1. The van der Waals surface area contributed by atoms with Crippen molar-refractivity contribution < 1.29 is 19.0 Å². The molecule has 1 amide bonds. The summed E-state index contributed by atoms with van der Waals surface area (Å²) >= 11 is 0. The van der Waals surface area contributed by atoms with E-state index in [0.717, 1.165) is 11.5 Å². The molecule has 0 radical (unpaired) electrons. The lowest BCUT2D eigenvalue weighted by Crippen LogP contribution is -2.39. The summed E-state index contributed by atoms with van der Waals surface area (Å²) in [6.45, 7) is 4.27. The molecule has 0 aliphatic carbocycles. The second-order valence-corrected chi connectivity index (χ2v) is 5.56. The van der Waals surface area contributed by atoms with E-state index in [1.807, 2.05) is 38.1 Å². The van der Waals surface area contributed by atoms with Crippen molar-refractivity contribution in [2.75, 3.05) is 20.3 Å². The standard InChI is InChI=1S/C19H23NO4/c1-14-4-6-17(7-5-14)23-12-15(2)20-19(21)13-24-18-10-8-16(22-3)9-11-18/h4-11,15H,12-13H2,1-3H3,(H,20,21)/t15-/m0/s1. The molecule has 0 fully saturated rings. The molecule has 0 heterocycles. The van der Waals surface area contributed by atoms with Gasteiger partial charge in [0.25, 0.3) is 5.91 Å². The number of benzene rings is 2. The summed E-state index contributed by atoms with van der Waals surface area (Å²) in [4.78, 5) is 11.9. The maximum Gasteiger partial charge on any atom is 0.258 e. The van der Waals surface area contributed by atoms with E-state index in [0.29, 0.717) is 12.4 Å². The number of carbonyl (C=O) groups is 1. The average Bonchev–Trinajstić information content (AvgIpc) is 2.60. The van der Waals surface area contributed by atoms with Crippen molar-refractivity contribution in [2.24, 2.45) is 0 Å². The van der Waals surface area contributed by atoms with Crippen molar-refractivity contribution in [3.63, 3.8) is 0 Å². The quantitative estimate of drug-likeness (QED) is 0.809. The first-order valence-corrected chi connectivity index (χ1v) is 7.82. The van der Waals surface area contributed by atoms with E-state index in [9.17, 15) is 4.79 Å². The van der Waals surface area contributed by atoms with Gasteiger partial charge in [0.05, 0.1) is 13.2 Å². The zero-order valence-electron chi connectivity index (χ0n) is 14.2. The molecular formula is C19H23NO4. The third-order valence-corrected chi connectivity index (χ3v) is 3.36. The fraction of sp³-hybridized carbons (Fsp3) is 0.316. The first-order chi connectivity index (χ1) is 11.6. The van der Waals surface area contributed by atoms with Crippen molar-refractivity contribution in [1.82, 2.24) is 5.32 Å². The van der Waals surface area contributed by atoms with E-state index in [2.05, 4.69) is 5.32 Å². The molecule has 2 rings (SSSR count). The molecular weight excluding hydrogens is 306 g/mol. The molecule has 1 atom stereocenters. The zero-order chi connectivity index (χ0) is 17.4. The summed E-state index contributed by atoms with van der Waals surface area (Å²) in [6.07, 6.45) is 0. The summed E-state index contributed by atoms with van der Waals surface area (Å²) in [5.41, 5.74) is 1.18. The maximum absolute atomic E-state index is 11.9. The minimum absolute atomic E-state index is 0.0405. The maximum atomic E-state index is 11.9. The van der Waals surface area contributed by atoms with Gasteiger partial charge in [0, 0.05) is 0 Å². The van der Waals surface area contributed by atoms with Crippen molar-refractivity contribution in [3.05, 3.63) is 54.1 Å². The highest BCUT2D eigenvalue weighted by Crippen LogP contribution is 2.16. The fourth-order valence-electron chi connectivity index (χ4n) is 2.03. The van der Waals surface area contributed by atoms with Crippen LogP contribution in [0.2, 0.25) is 0 Å². The molecule has 0 aliphatic heterocycles. The number of nitrogens with one attached hydrogen (secondary N) is 1. The Kier molecular flexibility index (Phi) is 6.49. The molecule has 0 unspecified atom stereocenters.